The van der Waals surface area contributed by atoms with Crippen LogP contribution in [-0.2, 0) is 0 Å². The van der Waals surface area contributed by atoms with Crippen molar-refractivity contribution in [2.24, 2.45) is 0 Å². The lowest BCUT2D eigenvalue weighted by Crippen LogP contribution is -2.47. The Hall–Kier alpha value is -1.52. The zero-order chi connectivity index (χ0) is 16.6. The number of fused-ring (bicyclic) bond motifs is 1. The van der Waals surface area contributed by atoms with Crippen molar-refractivity contribution in [2.75, 3.05) is 20.1 Å². The molecule has 1 aliphatic rings. The van der Waals surface area contributed by atoms with E-state index < -0.39 is 0 Å². The molecule has 2 aromatic rings. The molecule has 0 saturated carbocycles. The number of benzene rings is 1. The van der Waals surface area contributed by atoms with E-state index in [4.69, 9.17) is 16.0 Å². The van der Waals surface area contributed by atoms with Crippen LogP contribution in [0.2, 0.25) is 5.02 Å². The minimum atomic E-state index is -0.0553. The summed E-state index contributed by atoms with van der Waals surface area (Å²) in [6.07, 6.45) is 2.01. The number of hydrogen-bond acceptors (Lipinski definition) is 3. The zero-order valence-corrected chi connectivity index (χ0v) is 14.6. The van der Waals surface area contributed by atoms with Crippen LogP contribution in [0, 0.1) is 0 Å². The van der Waals surface area contributed by atoms with E-state index in [0.717, 1.165) is 31.3 Å². The van der Waals surface area contributed by atoms with Gasteiger partial charge in [-0.1, -0.05) is 11.6 Å². The number of furan rings is 1. The molecule has 0 radical (unpaired) electrons. The highest BCUT2D eigenvalue weighted by Crippen LogP contribution is 2.25. The van der Waals surface area contributed by atoms with Crippen LogP contribution >= 0.6 is 11.6 Å². The largest absolute Gasteiger partial charge is 0.451 e. The van der Waals surface area contributed by atoms with E-state index in [1.54, 1.807) is 18.2 Å². The third kappa shape index (κ3) is 3.38. The Kier molecular flexibility index (Phi) is 4.64. The molecule has 1 aromatic carbocycles. The molecule has 1 saturated heterocycles. The second-order valence-electron chi connectivity index (χ2n) is 6.57. The van der Waals surface area contributed by atoms with Gasteiger partial charge in [-0.25, -0.2) is 0 Å². The summed E-state index contributed by atoms with van der Waals surface area (Å²) in [6.45, 7) is 6.51. The first-order chi connectivity index (χ1) is 11.0. The van der Waals surface area contributed by atoms with Gasteiger partial charge >= 0.3 is 0 Å². The molecule has 23 heavy (non-hydrogen) atoms. The molecular weight excluding hydrogens is 312 g/mol. The molecule has 4 nitrogen and oxygen atoms in total. The Morgan fingerprint density at radius 2 is 2.00 bits per heavy atom. The van der Waals surface area contributed by atoms with Gasteiger partial charge in [0, 0.05) is 42.6 Å². The predicted octanol–water partition coefficient (Wildman–Crippen LogP) is 4.03. The first-order valence-electron chi connectivity index (χ1n) is 8.16. The molecule has 2 heterocycles. The number of carbonyl (C=O) groups excluding carboxylic acids is 1. The van der Waals surface area contributed by atoms with E-state index in [1.807, 2.05) is 18.0 Å². The van der Waals surface area contributed by atoms with Gasteiger partial charge in [0.1, 0.15) is 5.58 Å². The Bertz CT molecular complexity index is 702. The Labute approximate surface area is 142 Å². The van der Waals surface area contributed by atoms with Gasteiger partial charge in [-0.05, 0) is 51.0 Å². The number of amides is 1. The van der Waals surface area contributed by atoms with E-state index in [2.05, 4.69) is 18.7 Å². The average Bonchev–Trinajstić information content (AvgIpc) is 2.96. The maximum Gasteiger partial charge on any atom is 0.289 e. The van der Waals surface area contributed by atoms with Crippen LogP contribution in [0.25, 0.3) is 11.0 Å². The molecule has 3 rings (SSSR count). The maximum atomic E-state index is 12.7. The van der Waals surface area contributed by atoms with Crippen LogP contribution in [0.15, 0.2) is 28.7 Å². The molecule has 0 unspecified atom stereocenters. The van der Waals surface area contributed by atoms with Gasteiger partial charge in [0.2, 0.25) is 0 Å². The summed E-state index contributed by atoms with van der Waals surface area (Å²) < 4.78 is 5.70. The van der Waals surface area contributed by atoms with Crippen molar-refractivity contribution in [2.45, 2.75) is 38.8 Å². The van der Waals surface area contributed by atoms with Crippen molar-refractivity contribution in [1.82, 2.24) is 9.80 Å². The molecule has 0 atom stereocenters. The molecule has 0 bridgehead atoms. The van der Waals surface area contributed by atoms with Crippen LogP contribution in [0.5, 0.6) is 0 Å². The topological polar surface area (TPSA) is 36.7 Å². The minimum absolute atomic E-state index is 0.0553. The fourth-order valence-electron chi connectivity index (χ4n) is 3.25. The smallest absolute Gasteiger partial charge is 0.289 e. The highest BCUT2D eigenvalue weighted by molar-refractivity contribution is 6.31. The maximum absolute atomic E-state index is 12.7. The number of piperidine rings is 1. The van der Waals surface area contributed by atoms with Crippen molar-refractivity contribution < 1.29 is 9.21 Å². The van der Waals surface area contributed by atoms with Crippen molar-refractivity contribution in [3.8, 4) is 0 Å². The molecule has 0 N–H and O–H groups in total. The summed E-state index contributed by atoms with van der Waals surface area (Å²) in [7, 11) is 1.87. The first-order valence-corrected chi connectivity index (χ1v) is 8.54. The lowest BCUT2D eigenvalue weighted by atomic mass is 10.0. The third-order valence-electron chi connectivity index (χ3n) is 4.79. The fourth-order valence-corrected chi connectivity index (χ4v) is 3.43. The molecular formula is C18H23ClN2O2. The quantitative estimate of drug-likeness (QED) is 0.850. The first kappa shape index (κ1) is 16.3. The standard InChI is InChI=1S/C18H23ClN2O2/c1-12(2)21-8-6-15(7-9-21)20(3)18(22)17-11-13-10-14(19)4-5-16(13)23-17/h4-5,10-12,15H,6-9H2,1-3H3. The van der Waals surface area contributed by atoms with Crippen molar-refractivity contribution in [3.63, 3.8) is 0 Å². The number of rotatable bonds is 3. The molecule has 1 fully saturated rings. The van der Waals surface area contributed by atoms with Gasteiger partial charge in [-0.3, -0.25) is 4.79 Å². The summed E-state index contributed by atoms with van der Waals surface area (Å²) in [5.74, 6) is 0.330. The van der Waals surface area contributed by atoms with Gasteiger partial charge in [0.05, 0.1) is 0 Å². The summed E-state index contributed by atoms with van der Waals surface area (Å²) in [5.41, 5.74) is 0.695. The summed E-state index contributed by atoms with van der Waals surface area (Å²) in [5, 5.41) is 1.51. The minimum Gasteiger partial charge on any atom is -0.451 e. The lowest BCUT2D eigenvalue weighted by molar-refractivity contribution is 0.0588. The van der Waals surface area contributed by atoms with Gasteiger partial charge in [0.15, 0.2) is 5.76 Å². The Morgan fingerprint density at radius 1 is 1.30 bits per heavy atom. The predicted molar refractivity (Wildman–Crippen MR) is 93.0 cm³/mol. The molecule has 5 heteroatoms. The summed E-state index contributed by atoms with van der Waals surface area (Å²) in [4.78, 5) is 17.0. The molecule has 124 valence electrons. The number of nitrogens with zero attached hydrogens (tertiary/aromatic N) is 2. The Balaban J connectivity index is 1.71. The van der Waals surface area contributed by atoms with E-state index in [0.29, 0.717) is 22.4 Å². The highest BCUT2D eigenvalue weighted by atomic mass is 35.5. The van der Waals surface area contributed by atoms with Crippen molar-refractivity contribution in [1.29, 1.82) is 0 Å². The van der Waals surface area contributed by atoms with Crippen LogP contribution in [0.1, 0.15) is 37.2 Å². The summed E-state index contributed by atoms with van der Waals surface area (Å²) >= 11 is 5.99. The van der Waals surface area contributed by atoms with Gasteiger partial charge in [0.25, 0.3) is 5.91 Å². The average molecular weight is 335 g/mol. The molecule has 1 aliphatic heterocycles. The van der Waals surface area contributed by atoms with Gasteiger partial charge < -0.3 is 14.2 Å². The van der Waals surface area contributed by atoms with Crippen molar-refractivity contribution in [3.05, 3.63) is 35.0 Å². The third-order valence-corrected chi connectivity index (χ3v) is 5.02. The highest BCUT2D eigenvalue weighted by Gasteiger charge is 2.28. The van der Waals surface area contributed by atoms with Crippen molar-refractivity contribution >= 4 is 28.5 Å². The molecule has 1 aromatic heterocycles. The number of carbonyl (C=O) groups is 1. The van der Waals surface area contributed by atoms with Gasteiger partial charge in [-0.2, -0.15) is 0 Å². The van der Waals surface area contributed by atoms with Crippen LogP contribution in [-0.4, -0.2) is 47.9 Å². The van der Waals surface area contributed by atoms with Crippen LogP contribution in [0.3, 0.4) is 0 Å². The Morgan fingerprint density at radius 3 is 2.65 bits per heavy atom. The molecule has 1 amide bonds. The normalized spacial score (nSPS) is 17.1. The van der Waals surface area contributed by atoms with E-state index in [1.165, 1.54) is 0 Å². The van der Waals surface area contributed by atoms with E-state index >= 15 is 0 Å². The number of halogens is 1. The lowest BCUT2D eigenvalue weighted by Gasteiger charge is -2.38. The zero-order valence-electron chi connectivity index (χ0n) is 13.9. The monoisotopic (exact) mass is 334 g/mol. The second kappa shape index (κ2) is 6.54. The fraction of sp³-hybridized carbons (Fsp3) is 0.500. The van der Waals surface area contributed by atoms with E-state index in [9.17, 15) is 4.79 Å². The second-order valence-corrected chi connectivity index (χ2v) is 7.01. The number of likely N-dealkylation sites (tertiary alicyclic amines) is 1. The molecule has 0 aliphatic carbocycles. The van der Waals surface area contributed by atoms with Crippen LogP contribution < -0.4 is 0 Å². The van der Waals surface area contributed by atoms with Crippen LogP contribution in [0.4, 0.5) is 0 Å². The van der Waals surface area contributed by atoms with Gasteiger partial charge in [-0.15, -0.1) is 0 Å². The molecule has 0 spiro atoms. The van der Waals surface area contributed by atoms with E-state index in [-0.39, 0.29) is 11.9 Å². The SMILES string of the molecule is CC(C)N1CCC(N(C)C(=O)c2cc3cc(Cl)ccc3o2)CC1. The number of hydrogen-bond donors (Lipinski definition) is 0. The summed E-state index contributed by atoms with van der Waals surface area (Å²) in [6, 6.07) is 8.01.